The van der Waals surface area contributed by atoms with E-state index >= 15 is 0 Å². The van der Waals surface area contributed by atoms with E-state index in [0.717, 1.165) is 41.1 Å². The highest BCUT2D eigenvalue weighted by molar-refractivity contribution is 7.18. The highest BCUT2D eigenvalue weighted by Gasteiger charge is 2.49. The van der Waals surface area contributed by atoms with Gasteiger partial charge in [-0.25, -0.2) is 9.97 Å². The van der Waals surface area contributed by atoms with E-state index in [-0.39, 0.29) is 17.4 Å². The summed E-state index contributed by atoms with van der Waals surface area (Å²) >= 11 is 1.70. The summed E-state index contributed by atoms with van der Waals surface area (Å²) in [6, 6.07) is 1.88. The number of fused-ring (bicyclic) bond motifs is 1. The number of hydrogen-bond donors (Lipinski definition) is 2. The van der Waals surface area contributed by atoms with Crippen LogP contribution in [-0.2, 0) is 16.0 Å². The van der Waals surface area contributed by atoms with Gasteiger partial charge in [0, 0.05) is 30.1 Å². The smallest absolute Gasteiger partial charge is 0.243 e. The predicted octanol–water partition coefficient (Wildman–Crippen LogP) is 2.27. The molecule has 4 heterocycles. The topological polar surface area (TPSA) is 76.1 Å². The van der Waals surface area contributed by atoms with Gasteiger partial charge in [0.1, 0.15) is 22.5 Å². The lowest BCUT2D eigenvalue weighted by molar-refractivity contribution is -0.121. The van der Waals surface area contributed by atoms with Crippen LogP contribution < -0.4 is 10.6 Å². The van der Waals surface area contributed by atoms with Crippen LogP contribution in [0.4, 0.5) is 5.82 Å². The van der Waals surface area contributed by atoms with Crippen molar-refractivity contribution in [3.05, 3.63) is 16.8 Å². The number of hydrogen-bond acceptors (Lipinski definition) is 6. The minimum absolute atomic E-state index is 0.0623. The van der Waals surface area contributed by atoms with E-state index in [9.17, 15) is 4.79 Å². The number of carbonyl (C=O) groups is 1. The Morgan fingerprint density at radius 2 is 2.21 bits per heavy atom. The molecule has 0 aromatic carbocycles. The summed E-state index contributed by atoms with van der Waals surface area (Å²) in [5.74, 6) is 1.57. The molecule has 0 radical (unpaired) electrons. The van der Waals surface area contributed by atoms with Gasteiger partial charge in [0.05, 0.1) is 5.39 Å². The first-order chi connectivity index (χ1) is 11.6. The number of nitrogens with zero attached hydrogens (tertiary/aromatic N) is 2. The number of aromatic nitrogens is 2. The Kier molecular flexibility index (Phi) is 3.92. The van der Waals surface area contributed by atoms with Crippen molar-refractivity contribution in [2.45, 2.75) is 39.2 Å². The average molecular weight is 346 g/mol. The maximum absolute atomic E-state index is 12.5. The van der Waals surface area contributed by atoms with Gasteiger partial charge in [-0.3, -0.25) is 4.79 Å². The molecule has 128 valence electrons. The number of anilines is 1. The van der Waals surface area contributed by atoms with Gasteiger partial charge in [0.25, 0.3) is 0 Å². The predicted molar refractivity (Wildman–Crippen MR) is 94.4 cm³/mol. The molecule has 0 bridgehead atoms. The SMILES string of the molecule is CCc1cc2c(NC3C(=O)NCC34CCOCC4)nc(C)nc2s1. The van der Waals surface area contributed by atoms with Crippen molar-refractivity contribution in [2.24, 2.45) is 5.41 Å². The standard InChI is InChI=1S/C17H22N4O2S/c1-3-11-8-12-14(19-10(2)20-16(12)24-11)21-13-15(22)18-9-17(13)4-6-23-7-5-17/h8,13H,3-7,9H2,1-2H3,(H,18,22)(H,19,20,21). The second-order valence-corrected chi connectivity index (χ2v) is 7.79. The molecule has 1 spiro atoms. The summed E-state index contributed by atoms with van der Waals surface area (Å²) in [4.78, 5) is 23.9. The number of rotatable bonds is 3. The molecule has 24 heavy (non-hydrogen) atoms. The first-order valence-corrected chi connectivity index (χ1v) is 9.32. The summed E-state index contributed by atoms with van der Waals surface area (Å²) in [7, 11) is 0. The first-order valence-electron chi connectivity index (χ1n) is 8.50. The van der Waals surface area contributed by atoms with Gasteiger partial charge in [0.15, 0.2) is 0 Å². The van der Waals surface area contributed by atoms with Gasteiger partial charge in [-0.2, -0.15) is 0 Å². The van der Waals surface area contributed by atoms with E-state index in [1.54, 1.807) is 11.3 Å². The molecule has 2 aliphatic rings. The van der Waals surface area contributed by atoms with Gasteiger partial charge >= 0.3 is 0 Å². The lowest BCUT2D eigenvalue weighted by atomic mass is 9.76. The van der Waals surface area contributed by atoms with Crippen LogP contribution >= 0.6 is 11.3 Å². The Morgan fingerprint density at radius 1 is 1.42 bits per heavy atom. The molecule has 0 saturated carbocycles. The second-order valence-electron chi connectivity index (χ2n) is 6.67. The molecule has 2 aromatic heterocycles. The lowest BCUT2D eigenvalue weighted by Gasteiger charge is -2.37. The highest BCUT2D eigenvalue weighted by Crippen LogP contribution is 2.39. The van der Waals surface area contributed by atoms with Crippen LogP contribution in [0.25, 0.3) is 10.2 Å². The number of amides is 1. The van der Waals surface area contributed by atoms with Crippen LogP contribution in [0, 0.1) is 12.3 Å². The van der Waals surface area contributed by atoms with Crippen LogP contribution in [0.15, 0.2) is 6.07 Å². The number of nitrogens with one attached hydrogen (secondary N) is 2. The Balaban J connectivity index is 1.72. The number of aryl methyl sites for hydroxylation is 2. The molecule has 6 nitrogen and oxygen atoms in total. The molecule has 2 fully saturated rings. The Hall–Kier alpha value is -1.73. The van der Waals surface area contributed by atoms with Crippen LogP contribution in [0.2, 0.25) is 0 Å². The molecule has 2 saturated heterocycles. The number of thiophene rings is 1. The van der Waals surface area contributed by atoms with E-state index in [0.29, 0.717) is 19.8 Å². The molecule has 1 amide bonds. The molecule has 2 aromatic rings. The Morgan fingerprint density at radius 3 is 2.96 bits per heavy atom. The summed E-state index contributed by atoms with van der Waals surface area (Å²) < 4.78 is 5.51. The maximum Gasteiger partial charge on any atom is 0.243 e. The Bertz CT molecular complexity index is 782. The summed E-state index contributed by atoms with van der Waals surface area (Å²) in [6.07, 6.45) is 2.76. The second kappa shape index (κ2) is 5.97. The molecule has 2 N–H and O–H groups in total. The minimum Gasteiger partial charge on any atom is -0.381 e. The van der Waals surface area contributed by atoms with Crippen LogP contribution in [0.1, 0.15) is 30.5 Å². The van der Waals surface area contributed by atoms with Gasteiger partial charge in [-0.05, 0) is 32.3 Å². The van der Waals surface area contributed by atoms with E-state index in [4.69, 9.17) is 4.74 Å². The van der Waals surface area contributed by atoms with Crippen molar-refractivity contribution in [1.29, 1.82) is 0 Å². The molecule has 7 heteroatoms. The summed E-state index contributed by atoms with van der Waals surface area (Å²) in [5, 5.41) is 7.51. The minimum atomic E-state index is -0.260. The summed E-state index contributed by atoms with van der Waals surface area (Å²) in [6.45, 7) is 6.17. The van der Waals surface area contributed by atoms with Gasteiger partial charge in [0.2, 0.25) is 5.91 Å². The molecule has 0 aliphatic carbocycles. The van der Waals surface area contributed by atoms with E-state index in [2.05, 4.69) is 33.6 Å². The normalized spacial score (nSPS) is 22.9. The van der Waals surface area contributed by atoms with Gasteiger partial charge in [-0.1, -0.05) is 6.92 Å². The third-order valence-corrected chi connectivity index (χ3v) is 6.34. The molecular formula is C17H22N4O2S. The monoisotopic (exact) mass is 346 g/mol. The van der Waals surface area contributed by atoms with Crippen molar-refractivity contribution in [1.82, 2.24) is 15.3 Å². The number of carbonyl (C=O) groups excluding carboxylic acids is 1. The molecular weight excluding hydrogens is 324 g/mol. The van der Waals surface area contributed by atoms with Crippen molar-refractivity contribution in [3.63, 3.8) is 0 Å². The summed E-state index contributed by atoms with van der Waals surface area (Å²) in [5.41, 5.74) is -0.0792. The fourth-order valence-electron chi connectivity index (χ4n) is 3.71. The molecule has 2 aliphatic heterocycles. The average Bonchev–Trinajstić information content (AvgIpc) is 3.12. The maximum atomic E-state index is 12.5. The molecule has 1 atom stereocenters. The van der Waals surface area contributed by atoms with Crippen molar-refractivity contribution < 1.29 is 9.53 Å². The first kappa shape index (κ1) is 15.8. The third-order valence-electron chi connectivity index (χ3n) is 5.16. The van der Waals surface area contributed by atoms with Crippen LogP contribution in [0.5, 0.6) is 0 Å². The van der Waals surface area contributed by atoms with E-state index < -0.39 is 0 Å². The van der Waals surface area contributed by atoms with Gasteiger partial charge < -0.3 is 15.4 Å². The molecule has 1 unspecified atom stereocenters. The zero-order valence-corrected chi connectivity index (χ0v) is 14.8. The van der Waals surface area contributed by atoms with Gasteiger partial charge in [-0.15, -0.1) is 11.3 Å². The molecule has 4 rings (SSSR count). The van der Waals surface area contributed by atoms with E-state index in [1.165, 1.54) is 4.88 Å². The van der Waals surface area contributed by atoms with Crippen LogP contribution in [0.3, 0.4) is 0 Å². The number of ether oxygens (including phenoxy) is 1. The zero-order chi connectivity index (χ0) is 16.7. The Labute approximate surface area is 145 Å². The fourth-order valence-corrected chi connectivity index (χ4v) is 4.72. The van der Waals surface area contributed by atoms with Crippen molar-refractivity contribution in [3.8, 4) is 0 Å². The lowest BCUT2D eigenvalue weighted by Crippen LogP contribution is -2.45. The zero-order valence-electron chi connectivity index (χ0n) is 14.0. The highest BCUT2D eigenvalue weighted by atomic mass is 32.1. The largest absolute Gasteiger partial charge is 0.381 e. The van der Waals surface area contributed by atoms with Crippen LogP contribution in [-0.4, -0.2) is 41.7 Å². The van der Waals surface area contributed by atoms with Crippen molar-refractivity contribution >= 4 is 33.3 Å². The third kappa shape index (κ3) is 2.56. The fraction of sp³-hybridized carbons (Fsp3) is 0.588. The van der Waals surface area contributed by atoms with Crippen molar-refractivity contribution in [2.75, 3.05) is 25.1 Å². The van der Waals surface area contributed by atoms with E-state index in [1.807, 2.05) is 6.92 Å². The quantitative estimate of drug-likeness (QED) is 0.892.